The van der Waals surface area contributed by atoms with Gasteiger partial charge in [0.1, 0.15) is 0 Å². The third-order valence-electron chi connectivity index (χ3n) is 3.85. The van der Waals surface area contributed by atoms with Crippen molar-refractivity contribution in [1.29, 1.82) is 0 Å². The summed E-state index contributed by atoms with van der Waals surface area (Å²) in [4.78, 5) is 2.31. The molecule has 4 heteroatoms. The standard InChI is InChI=1S/C19H23NO3/c1-2-22-17-10-6-7-11-18(17)23-19(16-8-4-3-5-9-16)20-12-14-21-15-13-20/h3-11,19H,2,12-15H2,1H3/t19-/m1/s1. The predicted molar refractivity (Wildman–Crippen MR) is 89.8 cm³/mol. The highest BCUT2D eigenvalue weighted by Gasteiger charge is 2.25. The summed E-state index contributed by atoms with van der Waals surface area (Å²) < 4.78 is 17.5. The lowest BCUT2D eigenvalue weighted by Gasteiger charge is -2.34. The summed E-state index contributed by atoms with van der Waals surface area (Å²) >= 11 is 0. The second-order valence-electron chi connectivity index (χ2n) is 5.41. The number of rotatable bonds is 6. The molecule has 1 aliphatic rings. The van der Waals surface area contributed by atoms with Crippen LogP contribution in [0.1, 0.15) is 18.7 Å². The van der Waals surface area contributed by atoms with Gasteiger partial charge < -0.3 is 14.2 Å². The average molecular weight is 313 g/mol. The quantitative estimate of drug-likeness (QED) is 0.817. The largest absolute Gasteiger partial charge is 0.490 e. The van der Waals surface area contributed by atoms with E-state index in [1.54, 1.807) is 0 Å². The van der Waals surface area contributed by atoms with Gasteiger partial charge in [-0.25, -0.2) is 0 Å². The molecule has 4 nitrogen and oxygen atoms in total. The van der Waals surface area contributed by atoms with Crippen molar-refractivity contribution in [1.82, 2.24) is 4.90 Å². The molecule has 2 aromatic rings. The fraction of sp³-hybridized carbons (Fsp3) is 0.368. The van der Waals surface area contributed by atoms with Crippen molar-refractivity contribution >= 4 is 0 Å². The summed E-state index contributed by atoms with van der Waals surface area (Å²) in [5.74, 6) is 1.55. The van der Waals surface area contributed by atoms with Crippen molar-refractivity contribution in [2.75, 3.05) is 32.9 Å². The first kappa shape index (κ1) is 15.8. The van der Waals surface area contributed by atoms with Crippen LogP contribution in [0, 0.1) is 0 Å². The molecule has 122 valence electrons. The zero-order valence-electron chi connectivity index (χ0n) is 13.5. The maximum atomic E-state index is 6.37. The zero-order valence-corrected chi connectivity index (χ0v) is 13.5. The molecule has 0 unspecified atom stereocenters. The van der Waals surface area contributed by atoms with Gasteiger partial charge in [-0.3, -0.25) is 4.90 Å². The molecule has 23 heavy (non-hydrogen) atoms. The van der Waals surface area contributed by atoms with Crippen LogP contribution in [0.25, 0.3) is 0 Å². The van der Waals surface area contributed by atoms with Gasteiger partial charge in [0.05, 0.1) is 19.8 Å². The first-order valence-electron chi connectivity index (χ1n) is 8.13. The Kier molecular flexibility index (Phi) is 5.51. The SMILES string of the molecule is CCOc1ccccc1O[C@H](c1ccccc1)N1CCOCC1. The minimum absolute atomic E-state index is 0.137. The summed E-state index contributed by atoms with van der Waals surface area (Å²) in [6.45, 7) is 5.79. The summed E-state index contributed by atoms with van der Waals surface area (Å²) in [5.41, 5.74) is 1.14. The molecular formula is C19H23NO3. The number of nitrogens with zero attached hydrogens (tertiary/aromatic N) is 1. The molecule has 1 heterocycles. The van der Waals surface area contributed by atoms with E-state index in [0.29, 0.717) is 6.61 Å². The maximum Gasteiger partial charge on any atom is 0.179 e. The highest BCUT2D eigenvalue weighted by Crippen LogP contribution is 2.32. The molecule has 1 atom stereocenters. The second kappa shape index (κ2) is 7.99. The van der Waals surface area contributed by atoms with Crippen LogP contribution < -0.4 is 9.47 Å². The van der Waals surface area contributed by atoms with Crippen LogP contribution in [-0.4, -0.2) is 37.8 Å². The predicted octanol–water partition coefficient (Wildman–Crippen LogP) is 3.50. The van der Waals surface area contributed by atoms with Crippen molar-refractivity contribution in [3.8, 4) is 11.5 Å². The zero-order chi connectivity index (χ0) is 15.9. The van der Waals surface area contributed by atoms with Crippen molar-refractivity contribution in [2.45, 2.75) is 13.2 Å². The van der Waals surface area contributed by atoms with Crippen LogP contribution in [0.3, 0.4) is 0 Å². The van der Waals surface area contributed by atoms with Gasteiger partial charge in [0.15, 0.2) is 17.7 Å². The summed E-state index contributed by atoms with van der Waals surface area (Å²) in [6, 6.07) is 18.1. The Labute approximate surface area is 137 Å². The van der Waals surface area contributed by atoms with Crippen LogP contribution in [0.2, 0.25) is 0 Å². The third-order valence-corrected chi connectivity index (χ3v) is 3.85. The van der Waals surface area contributed by atoms with Crippen molar-refractivity contribution in [3.63, 3.8) is 0 Å². The van der Waals surface area contributed by atoms with Crippen LogP contribution in [0.4, 0.5) is 0 Å². The van der Waals surface area contributed by atoms with E-state index in [-0.39, 0.29) is 6.23 Å². The van der Waals surface area contributed by atoms with E-state index in [2.05, 4.69) is 17.0 Å². The molecule has 0 saturated carbocycles. The minimum atomic E-state index is -0.137. The Morgan fingerprint density at radius 2 is 1.61 bits per heavy atom. The van der Waals surface area contributed by atoms with E-state index in [1.807, 2.05) is 49.4 Å². The first-order valence-corrected chi connectivity index (χ1v) is 8.13. The highest BCUT2D eigenvalue weighted by atomic mass is 16.5. The molecule has 1 fully saturated rings. The monoisotopic (exact) mass is 313 g/mol. The van der Waals surface area contributed by atoms with E-state index in [9.17, 15) is 0 Å². The second-order valence-corrected chi connectivity index (χ2v) is 5.41. The molecule has 0 N–H and O–H groups in total. The first-order chi connectivity index (χ1) is 11.4. The topological polar surface area (TPSA) is 30.9 Å². The molecule has 0 bridgehead atoms. The molecule has 0 spiro atoms. The Balaban J connectivity index is 1.86. The normalized spacial score (nSPS) is 16.7. The molecule has 2 aromatic carbocycles. The van der Waals surface area contributed by atoms with Crippen LogP contribution in [0.15, 0.2) is 54.6 Å². The van der Waals surface area contributed by atoms with Gasteiger partial charge in [-0.1, -0.05) is 42.5 Å². The smallest absolute Gasteiger partial charge is 0.179 e. The summed E-state index contributed by atoms with van der Waals surface area (Å²) in [6.07, 6.45) is -0.137. The molecule has 0 aromatic heterocycles. The van der Waals surface area contributed by atoms with Gasteiger partial charge in [0.2, 0.25) is 0 Å². The Bertz CT molecular complexity index is 597. The van der Waals surface area contributed by atoms with Gasteiger partial charge in [-0.15, -0.1) is 0 Å². The summed E-state index contributed by atoms with van der Waals surface area (Å²) in [7, 11) is 0. The lowest BCUT2D eigenvalue weighted by Crippen LogP contribution is -2.41. The van der Waals surface area contributed by atoms with Gasteiger partial charge in [0.25, 0.3) is 0 Å². The minimum Gasteiger partial charge on any atom is -0.490 e. The maximum absolute atomic E-state index is 6.37. The van der Waals surface area contributed by atoms with Crippen molar-refractivity contribution in [3.05, 3.63) is 60.2 Å². The molecule has 1 saturated heterocycles. The number of ether oxygens (including phenoxy) is 3. The molecule has 0 radical (unpaired) electrons. The third kappa shape index (κ3) is 4.03. The fourth-order valence-electron chi connectivity index (χ4n) is 2.73. The Hall–Kier alpha value is -2.04. The van der Waals surface area contributed by atoms with Gasteiger partial charge in [-0.2, -0.15) is 0 Å². The van der Waals surface area contributed by atoms with Crippen LogP contribution in [0.5, 0.6) is 11.5 Å². The Morgan fingerprint density at radius 3 is 2.30 bits per heavy atom. The fourth-order valence-corrected chi connectivity index (χ4v) is 2.73. The molecule has 1 aliphatic heterocycles. The number of para-hydroxylation sites is 2. The molecule has 3 rings (SSSR count). The molecule has 0 aliphatic carbocycles. The van der Waals surface area contributed by atoms with Crippen molar-refractivity contribution in [2.24, 2.45) is 0 Å². The van der Waals surface area contributed by atoms with E-state index in [1.165, 1.54) is 0 Å². The van der Waals surface area contributed by atoms with E-state index >= 15 is 0 Å². The van der Waals surface area contributed by atoms with Gasteiger partial charge in [-0.05, 0) is 19.1 Å². The van der Waals surface area contributed by atoms with Crippen molar-refractivity contribution < 1.29 is 14.2 Å². The highest BCUT2D eigenvalue weighted by molar-refractivity contribution is 5.40. The van der Waals surface area contributed by atoms with Crippen LogP contribution in [-0.2, 0) is 4.74 Å². The van der Waals surface area contributed by atoms with Crippen LogP contribution >= 0.6 is 0 Å². The summed E-state index contributed by atoms with van der Waals surface area (Å²) in [5, 5.41) is 0. The number of benzene rings is 2. The van der Waals surface area contributed by atoms with E-state index in [4.69, 9.17) is 14.2 Å². The lowest BCUT2D eigenvalue weighted by molar-refractivity contribution is -0.0483. The van der Waals surface area contributed by atoms with Gasteiger partial charge in [0, 0.05) is 18.7 Å². The Morgan fingerprint density at radius 1 is 0.957 bits per heavy atom. The molecular weight excluding hydrogens is 290 g/mol. The number of morpholine rings is 1. The number of hydrogen-bond acceptors (Lipinski definition) is 4. The number of hydrogen-bond donors (Lipinski definition) is 0. The van der Waals surface area contributed by atoms with E-state index in [0.717, 1.165) is 43.4 Å². The van der Waals surface area contributed by atoms with E-state index < -0.39 is 0 Å². The average Bonchev–Trinajstić information content (AvgIpc) is 2.63. The lowest BCUT2D eigenvalue weighted by atomic mass is 10.1. The van der Waals surface area contributed by atoms with Gasteiger partial charge >= 0.3 is 0 Å². The molecule has 0 amide bonds.